The van der Waals surface area contributed by atoms with Crippen molar-refractivity contribution in [2.24, 2.45) is 0 Å². The Labute approximate surface area is 220 Å². The summed E-state index contributed by atoms with van der Waals surface area (Å²) in [4.78, 5) is 0. The first-order chi connectivity index (χ1) is 15.2. The first-order valence-corrected chi connectivity index (χ1v) is 10.2. The van der Waals surface area contributed by atoms with Gasteiger partial charge in [-0.25, -0.2) is 13.1 Å². The summed E-state index contributed by atoms with van der Waals surface area (Å²) in [6, 6.07) is 0. The Balaban J connectivity index is -0.00000612. The smallest absolute Gasteiger partial charge is 0.460 e. The van der Waals surface area contributed by atoms with Crippen molar-refractivity contribution >= 4 is 10.0 Å². The number of halogens is 18. The van der Waals surface area contributed by atoms with Gasteiger partial charge in [0.15, 0.2) is 0 Å². The molecule has 4 N–H and O–H groups in total. The minimum Gasteiger partial charge on any atom is -1.00 e. The van der Waals surface area contributed by atoms with E-state index in [1.807, 2.05) is 0 Å². The largest absolute Gasteiger partial charge is 1.00 e. The molecule has 0 aromatic heterocycles. The quantitative estimate of drug-likeness (QED) is 0.139. The normalized spacial score (nSPS) is 15.6. The molecule has 0 aromatic rings. The van der Waals surface area contributed by atoms with Gasteiger partial charge in [-0.05, 0) is 0 Å². The van der Waals surface area contributed by atoms with Crippen LogP contribution in [0.3, 0.4) is 0 Å². The predicted molar refractivity (Wildman–Crippen MR) is 90.1 cm³/mol. The third kappa shape index (κ3) is 6.47. The van der Waals surface area contributed by atoms with E-state index in [1.54, 1.807) is 0 Å². The molecule has 0 aliphatic heterocycles. The van der Waals surface area contributed by atoms with Crippen LogP contribution in [0.1, 0.15) is 6.42 Å². The van der Waals surface area contributed by atoms with Crippen LogP contribution >= 0.6 is 0 Å². The second-order valence-corrected chi connectivity index (χ2v) is 10.0. The molecule has 0 bridgehead atoms. The van der Waals surface area contributed by atoms with Gasteiger partial charge in [-0.1, -0.05) is 0 Å². The predicted octanol–water partition coefficient (Wildman–Crippen LogP) is 2.14. The molecule has 0 fully saturated rings. The summed E-state index contributed by atoms with van der Waals surface area (Å²) >= 11 is 0. The van der Waals surface area contributed by atoms with Gasteiger partial charge in [0.2, 0.25) is 0 Å². The lowest BCUT2D eigenvalue weighted by Gasteiger charge is -2.42. The van der Waals surface area contributed by atoms with Crippen molar-refractivity contribution in [1.82, 2.24) is 10.9 Å². The van der Waals surface area contributed by atoms with Gasteiger partial charge in [-0.3, -0.25) is 0 Å². The summed E-state index contributed by atoms with van der Waals surface area (Å²) in [5, 5.41) is -7.53. The molecule has 38 heavy (non-hydrogen) atoms. The number of nitrogens with zero attached hydrogens (tertiary/aromatic N) is 1. The van der Waals surface area contributed by atoms with E-state index in [2.05, 4.69) is 0 Å². The number of hydrogen-bond donors (Lipinski definition) is 2. The standard InChI is InChI=1S/C14H16F17N2O2S.HI.H3N/c1-33(2,3)6-4-5-32-36(34,35)14(30,31)12(25,26)10(21,22)8(17,18)7(15,16)9(19,20)11(23,24)13(27,28)29;;/h32H,4-6H2,1-3H3;1H;1H3/q+1;;/p-1. The van der Waals surface area contributed by atoms with Crippen LogP contribution in [-0.4, -0.2) is 94.1 Å². The zero-order valence-corrected chi connectivity index (χ0v) is 21.8. The molecule has 0 radical (unpaired) electrons. The van der Waals surface area contributed by atoms with E-state index < -0.39 is 70.0 Å². The Morgan fingerprint density at radius 1 is 0.579 bits per heavy atom. The molecule has 0 rings (SSSR count). The van der Waals surface area contributed by atoms with Gasteiger partial charge in [0.05, 0.1) is 27.7 Å². The Kier molecular flexibility index (Phi) is 12.5. The van der Waals surface area contributed by atoms with Gasteiger partial charge in [0.25, 0.3) is 10.0 Å². The molecule has 5 nitrogen and oxygen atoms in total. The van der Waals surface area contributed by atoms with E-state index in [-0.39, 0.29) is 41.2 Å². The molecular weight excluding hydrogens is 724 g/mol. The molecule has 0 unspecified atom stereocenters. The van der Waals surface area contributed by atoms with E-state index in [0.717, 1.165) is 0 Å². The van der Waals surface area contributed by atoms with Crippen molar-refractivity contribution < 1.29 is 112 Å². The van der Waals surface area contributed by atoms with Crippen molar-refractivity contribution in [3.63, 3.8) is 0 Å². The van der Waals surface area contributed by atoms with Gasteiger partial charge >= 0.3 is 47.0 Å². The maximum Gasteiger partial charge on any atom is 0.460 e. The lowest BCUT2D eigenvalue weighted by molar-refractivity contribution is -0.870. The second-order valence-electron chi connectivity index (χ2n) is 8.23. The van der Waals surface area contributed by atoms with Crippen LogP contribution in [0.25, 0.3) is 0 Å². The molecule has 0 saturated heterocycles. The minimum absolute atomic E-state index is 0. The number of rotatable bonds is 12. The fourth-order valence-corrected chi connectivity index (χ4v) is 3.23. The second kappa shape index (κ2) is 11.3. The van der Waals surface area contributed by atoms with Gasteiger partial charge in [0.1, 0.15) is 0 Å². The molecule has 0 saturated carbocycles. The van der Waals surface area contributed by atoms with Crippen molar-refractivity contribution in [2.75, 3.05) is 34.2 Å². The molecule has 0 aliphatic rings. The first kappa shape index (κ1) is 41.8. The third-order valence-corrected chi connectivity index (χ3v) is 5.84. The Hall–Kier alpha value is -0.630. The lowest BCUT2D eigenvalue weighted by Crippen LogP contribution is -3.00. The van der Waals surface area contributed by atoms with Crippen molar-refractivity contribution in [3.8, 4) is 0 Å². The Morgan fingerprint density at radius 2 is 0.868 bits per heavy atom. The monoisotopic (exact) mass is 743 g/mol. The summed E-state index contributed by atoms with van der Waals surface area (Å²) in [6.45, 7) is -1.38. The van der Waals surface area contributed by atoms with Crippen LogP contribution in [0.2, 0.25) is 0 Å². The molecule has 0 aromatic carbocycles. The minimum atomic E-state index is -8.83. The maximum absolute atomic E-state index is 13.8. The average Bonchev–Trinajstić information content (AvgIpc) is 2.62. The molecule has 0 heterocycles. The number of quaternary nitrogens is 1. The van der Waals surface area contributed by atoms with Gasteiger partial charge in [0, 0.05) is 13.0 Å². The van der Waals surface area contributed by atoms with E-state index >= 15 is 0 Å². The van der Waals surface area contributed by atoms with Gasteiger partial charge < -0.3 is 34.6 Å². The van der Waals surface area contributed by atoms with Crippen LogP contribution in [0, 0.1) is 0 Å². The molecule has 0 spiro atoms. The molecule has 0 aliphatic carbocycles. The highest BCUT2D eigenvalue weighted by Gasteiger charge is 2.96. The van der Waals surface area contributed by atoms with Crippen molar-refractivity contribution in [1.29, 1.82) is 0 Å². The molecule has 24 heteroatoms. The fourth-order valence-electron chi connectivity index (χ4n) is 2.17. The summed E-state index contributed by atoms with van der Waals surface area (Å²) in [5.41, 5.74) is 0. The van der Waals surface area contributed by atoms with Crippen molar-refractivity contribution in [3.05, 3.63) is 0 Å². The summed E-state index contributed by atoms with van der Waals surface area (Å²) < 4.78 is 247. The fraction of sp³-hybridized carbons (Fsp3) is 1.00. The topological polar surface area (TPSA) is 81.2 Å². The zero-order chi connectivity index (χ0) is 29.8. The van der Waals surface area contributed by atoms with Crippen molar-refractivity contribution in [2.45, 2.75) is 53.4 Å². The maximum atomic E-state index is 13.8. The van der Waals surface area contributed by atoms with Crippen LogP contribution in [-0.2, 0) is 10.0 Å². The number of hydrogen-bond acceptors (Lipinski definition) is 3. The Bertz CT molecular complexity index is 901. The van der Waals surface area contributed by atoms with Gasteiger partial charge in [-0.15, -0.1) is 0 Å². The molecular formula is C14H19F17IN3O2S. The van der Waals surface area contributed by atoms with Crippen LogP contribution in [0.15, 0.2) is 0 Å². The summed E-state index contributed by atoms with van der Waals surface area (Å²) in [7, 11) is -2.94. The number of nitrogens with one attached hydrogen (secondary N) is 1. The summed E-state index contributed by atoms with van der Waals surface area (Å²) in [5.74, 6) is -51.5. The summed E-state index contributed by atoms with van der Waals surface area (Å²) in [6.07, 6.45) is -8.37. The SMILES string of the molecule is C[N+](C)(C)CCCNS(=O)(=O)C(F)(F)C(F)(F)C(F)(F)C(F)(F)C(F)(F)C(F)(F)C(F)(F)C(F)(F)F.N.[I-]. The van der Waals surface area contributed by atoms with E-state index in [9.17, 15) is 83.1 Å². The Morgan fingerprint density at radius 3 is 1.16 bits per heavy atom. The van der Waals surface area contributed by atoms with Crippen LogP contribution in [0.5, 0.6) is 0 Å². The van der Waals surface area contributed by atoms with E-state index in [1.165, 1.54) is 21.1 Å². The highest BCUT2D eigenvalue weighted by Crippen LogP contribution is 2.64. The number of alkyl halides is 17. The van der Waals surface area contributed by atoms with Crippen LogP contribution < -0.4 is 34.8 Å². The van der Waals surface area contributed by atoms with Crippen LogP contribution in [0.4, 0.5) is 74.6 Å². The molecule has 0 atom stereocenters. The molecule has 234 valence electrons. The third-order valence-electron chi connectivity index (χ3n) is 4.33. The molecule has 0 amide bonds. The van der Waals surface area contributed by atoms with Gasteiger partial charge in [-0.2, -0.15) is 74.6 Å². The zero-order valence-electron chi connectivity index (χ0n) is 18.8. The average molecular weight is 743 g/mol. The lowest BCUT2D eigenvalue weighted by atomic mass is 9.91. The highest BCUT2D eigenvalue weighted by atomic mass is 127. The number of sulfonamides is 1. The first-order valence-electron chi connectivity index (χ1n) is 8.72. The van der Waals surface area contributed by atoms with E-state index in [4.69, 9.17) is 0 Å². The highest BCUT2D eigenvalue weighted by molar-refractivity contribution is 7.90. The van der Waals surface area contributed by atoms with E-state index in [0.29, 0.717) is 4.72 Å².